The van der Waals surface area contributed by atoms with Gasteiger partial charge < -0.3 is 5.11 Å². The number of pyridine rings is 1. The van der Waals surface area contributed by atoms with Gasteiger partial charge in [-0.15, -0.1) is 11.3 Å². The third-order valence-corrected chi connectivity index (χ3v) is 3.55. The summed E-state index contributed by atoms with van der Waals surface area (Å²) in [5, 5.41) is 13.0. The molecule has 0 aliphatic carbocycles. The van der Waals surface area contributed by atoms with Crippen LogP contribution in [0.15, 0.2) is 29.9 Å². The van der Waals surface area contributed by atoms with E-state index in [0.717, 1.165) is 23.5 Å². The van der Waals surface area contributed by atoms with E-state index in [4.69, 9.17) is 0 Å². The Balaban J connectivity index is 1.80. The molecule has 1 atom stereocenters. The van der Waals surface area contributed by atoms with Crippen molar-refractivity contribution in [2.75, 3.05) is 0 Å². The minimum Gasteiger partial charge on any atom is -0.393 e. The highest BCUT2D eigenvalue weighted by Gasteiger charge is 2.08. The van der Waals surface area contributed by atoms with E-state index in [-0.39, 0.29) is 6.10 Å². The van der Waals surface area contributed by atoms with Crippen LogP contribution in [0.2, 0.25) is 0 Å². The van der Waals surface area contributed by atoms with Crippen molar-refractivity contribution in [3.63, 3.8) is 0 Å². The molecule has 17 heavy (non-hydrogen) atoms. The SMILES string of the molecule is Cc1csc(CC(O)CCc2cccnc2)n1. The lowest BCUT2D eigenvalue weighted by Gasteiger charge is -2.08. The summed E-state index contributed by atoms with van der Waals surface area (Å²) < 4.78 is 0. The van der Waals surface area contributed by atoms with Gasteiger partial charge in [0.15, 0.2) is 0 Å². The summed E-state index contributed by atoms with van der Waals surface area (Å²) in [5.41, 5.74) is 2.20. The van der Waals surface area contributed by atoms with Crippen LogP contribution in [0.4, 0.5) is 0 Å². The minimum absolute atomic E-state index is 0.319. The van der Waals surface area contributed by atoms with Crippen LogP contribution in [0, 0.1) is 6.92 Å². The molecule has 1 N–H and O–H groups in total. The van der Waals surface area contributed by atoms with E-state index in [1.807, 2.05) is 30.6 Å². The van der Waals surface area contributed by atoms with Gasteiger partial charge in [-0.3, -0.25) is 4.98 Å². The second-order valence-electron chi connectivity index (χ2n) is 4.14. The van der Waals surface area contributed by atoms with E-state index >= 15 is 0 Å². The fraction of sp³-hybridized carbons (Fsp3) is 0.385. The second-order valence-corrected chi connectivity index (χ2v) is 5.08. The molecule has 0 bridgehead atoms. The van der Waals surface area contributed by atoms with Gasteiger partial charge >= 0.3 is 0 Å². The van der Waals surface area contributed by atoms with Crippen molar-refractivity contribution in [1.29, 1.82) is 0 Å². The van der Waals surface area contributed by atoms with Crippen molar-refractivity contribution in [2.24, 2.45) is 0 Å². The van der Waals surface area contributed by atoms with E-state index in [1.165, 1.54) is 5.56 Å². The number of hydrogen-bond donors (Lipinski definition) is 1. The quantitative estimate of drug-likeness (QED) is 0.883. The van der Waals surface area contributed by atoms with E-state index in [9.17, 15) is 5.11 Å². The molecule has 0 saturated carbocycles. The van der Waals surface area contributed by atoms with E-state index in [1.54, 1.807) is 17.5 Å². The molecular weight excluding hydrogens is 232 g/mol. The van der Waals surface area contributed by atoms with Crippen LogP contribution in [-0.4, -0.2) is 21.2 Å². The van der Waals surface area contributed by atoms with Gasteiger partial charge in [-0.05, 0) is 31.4 Å². The van der Waals surface area contributed by atoms with Crippen LogP contribution in [0.5, 0.6) is 0 Å². The highest BCUT2D eigenvalue weighted by atomic mass is 32.1. The van der Waals surface area contributed by atoms with Gasteiger partial charge in [0.1, 0.15) is 0 Å². The maximum Gasteiger partial charge on any atom is 0.0953 e. The molecule has 2 aromatic heterocycles. The fourth-order valence-electron chi connectivity index (χ4n) is 1.68. The number of aromatic nitrogens is 2. The Labute approximate surface area is 105 Å². The molecule has 3 nitrogen and oxygen atoms in total. The van der Waals surface area contributed by atoms with Gasteiger partial charge in [0, 0.05) is 29.9 Å². The van der Waals surface area contributed by atoms with Gasteiger partial charge in [0.2, 0.25) is 0 Å². The van der Waals surface area contributed by atoms with Crippen molar-refractivity contribution in [3.8, 4) is 0 Å². The maximum atomic E-state index is 9.92. The van der Waals surface area contributed by atoms with Gasteiger partial charge in [-0.1, -0.05) is 6.07 Å². The third-order valence-electron chi connectivity index (χ3n) is 2.57. The van der Waals surface area contributed by atoms with Crippen LogP contribution >= 0.6 is 11.3 Å². The summed E-state index contributed by atoms with van der Waals surface area (Å²) in [6.45, 7) is 1.97. The summed E-state index contributed by atoms with van der Waals surface area (Å²) in [7, 11) is 0. The maximum absolute atomic E-state index is 9.92. The Hall–Kier alpha value is -1.26. The molecule has 4 heteroatoms. The molecule has 0 aromatic carbocycles. The molecule has 0 spiro atoms. The van der Waals surface area contributed by atoms with Gasteiger partial charge in [-0.25, -0.2) is 4.98 Å². The molecule has 0 fully saturated rings. The Morgan fingerprint density at radius 1 is 1.47 bits per heavy atom. The number of aryl methyl sites for hydroxylation is 2. The van der Waals surface area contributed by atoms with Crippen LogP contribution < -0.4 is 0 Å². The van der Waals surface area contributed by atoms with Crippen LogP contribution in [0.25, 0.3) is 0 Å². The monoisotopic (exact) mass is 248 g/mol. The topological polar surface area (TPSA) is 46.0 Å². The molecule has 1 unspecified atom stereocenters. The average Bonchev–Trinajstić information content (AvgIpc) is 2.73. The standard InChI is InChI=1S/C13H16N2OS/c1-10-9-17-13(15-10)7-12(16)5-4-11-3-2-6-14-8-11/h2-3,6,8-9,12,16H,4-5,7H2,1H3. The largest absolute Gasteiger partial charge is 0.393 e. The molecule has 90 valence electrons. The van der Waals surface area contributed by atoms with Crippen molar-refractivity contribution < 1.29 is 5.11 Å². The summed E-state index contributed by atoms with van der Waals surface area (Å²) >= 11 is 1.62. The lowest BCUT2D eigenvalue weighted by molar-refractivity contribution is 0.165. The summed E-state index contributed by atoms with van der Waals surface area (Å²) in [6.07, 6.45) is 5.56. The number of nitrogens with zero attached hydrogens (tertiary/aromatic N) is 2. The van der Waals surface area contributed by atoms with Crippen LogP contribution in [0.3, 0.4) is 0 Å². The van der Waals surface area contributed by atoms with Gasteiger partial charge in [0.25, 0.3) is 0 Å². The fourth-order valence-corrected chi connectivity index (χ4v) is 2.52. The first-order valence-corrected chi connectivity index (χ1v) is 6.60. The molecule has 0 radical (unpaired) electrons. The molecular formula is C13H16N2OS. The number of thiazole rings is 1. The first-order chi connectivity index (χ1) is 8.24. The lowest BCUT2D eigenvalue weighted by Crippen LogP contribution is -2.11. The zero-order valence-corrected chi connectivity index (χ0v) is 10.7. The third kappa shape index (κ3) is 3.91. The Morgan fingerprint density at radius 2 is 2.35 bits per heavy atom. The van der Waals surface area contributed by atoms with Gasteiger partial charge in [0.05, 0.1) is 11.1 Å². The Kier molecular flexibility index (Phi) is 4.23. The minimum atomic E-state index is -0.319. The zero-order chi connectivity index (χ0) is 12.1. The van der Waals surface area contributed by atoms with Crippen LogP contribution in [-0.2, 0) is 12.8 Å². The van der Waals surface area contributed by atoms with Gasteiger partial charge in [-0.2, -0.15) is 0 Å². The predicted molar refractivity (Wildman–Crippen MR) is 69.1 cm³/mol. The summed E-state index contributed by atoms with van der Waals surface area (Å²) in [5.74, 6) is 0. The molecule has 2 rings (SSSR count). The molecule has 0 aliphatic rings. The van der Waals surface area contributed by atoms with E-state index in [0.29, 0.717) is 6.42 Å². The summed E-state index contributed by atoms with van der Waals surface area (Å²) in [6, 6.07) is 3.96. The first kappa shape index (κ1) is 12.2. The molecule has 2 aromatic rings. The van der Waals surface area contributed by atoms with Crippen LogP contribution in [0.1, 0.15) is 22.7 Å². The zero-order valence-electron chi connectivity index (χ0n) is 9.84. The van der Waals surface area contributed by atoms with Crippen molar-refractivity contribution >= 4 is 11.3 Å². The Morgan fingerprint density at radius 3 is 3.00 bits per heavy atom. The average molecular weight is 248 g/mol. The molecule has 2 heterocycles. The highest BCUT2D eigenvalue weighted by molar-refractivity contribution is 7.09. The Bertz CT molecular complexity index is 455. The number of hydrogen-bond acceptors (Lipinski definition) is 4. The van der Waals surface area contributed by atoms with Crippen molar-refractivity contribution in [1.82, 2.24) is 9.97 Å². The summed E-state index contributed by atoms with van der Waals surface area (Å²) in [4.78, 5) is 8.41. The molecule has 0 saturated heterocycles. The predicted octanol–water partition coefficient (Wildman–Crippen LogP) is 2.38. The molecule has 0 amide bonds. The van der Waals surface area contributed by atoms with E-state index in [2.05, 4.69) is 9.97 Å². The highest BCUT2D eigenvalue weighted by Crippen LogP contribution is 2.13. The second kappa shape index (κ2) is 5.89. The number of aliphatic hydroxyl groups excluding tert-OH is 1. The lowest BCUT2D eigenvalue weighted by atomic mass is 10.1. The van der Waals surface area contributed by atoms with Crippen molar-refractivity contribution in [3.05, 3.63) is 46.2 Å². The molecule has 0 aliphatic heterocycles. The normalized spacial score (nSPS) is 12.6. The number of rotatable bonds is 5. The smallest absolute Gasteiger partial charge is 0.0953 e. The first-order valence-electron chi connectivity index (χ1n) is 5.72. The van der Waals surface area contributed by atoms with Crippen molar-refractivity contribution in [2.45, 2.75) is 32.3 Å². The van der Waals surface area contributed by atoms with E-state index < -0.39 is 0 Å². The number of aliphatic hydroxyl groups is 1.